The molecule has 2 N–H and O–H groups in total. The molecular formula is C19H29O2P. The zero-order valence-corrected chi connectivity index (χ0v) is 14.7. The molecule has 1 saturated carbocycles. The molecule has 1 fully saturated rings. The Morgan fingerprint density at radius 1 is 1.23 bits per heavy atom. The lowest BCUT2D eigenvalue weighted by Gasteiger charge is -2.25. The number of phenolic OH excluding ortho intramolecular Hbond substituents is 1. The largest absolute Gasteiger partial charge is 0.507 e. The summed E-state index contributed by atoms with van der Waals surface area (Å²) in [5.74, 6) is 1.12. The number of aliphatic hydroxyl groups excluding tert-OH is 1. The Hall–Kier alpha value is -0.850. The van der Waals surface area contributed by atoms with Crippen LogP contribution in [0.1, 0.15) is 63.0 Å². The molecule has 0 spiro atoms. The fourth-order valence-electron chi connectivity index (χ4n) is 3.19. The van der Waals surface area contributed by atoms with Gasteiger partial charge in [-0.05, 0) is 56.4 Å². The van der Waals surface area contributed by atoms with Crippen LogP contribution in [0.15, 0.2) is 18.2 Å². The maximum Gasteiger partial charge on any atom is 0.130 e. The molecule has 0 aromatic heterocycles. The van der Waals surface area contributed by atoms with E-state index in [9.17, 15) is 10.2 Å². The van der Waals surface area contributed by atoms with Gasteiger partial charge in [-0.1, -0.05) is 37.6 Å². The van der Waals surface area contributed by atoms with Gasteiger partial charge in [-0.25, -0.2) is 0 Å². The normalized spacial score (nSPS) is 22.3. The monoisotopic (exact) mass is 320 g/mol. The molecule has 0 heterocycles. The first-order valence-corrected chi connectivity index (χ1v) is 9.14. The second-order valence-corrected chi connectivity index (χ2v) is 7.06. The van der Waals surface area contributed by atoms with Crippen molar-refractivity contribution >= 4 is 20.6 Å². The van der Waals surface area contributed by atoms with E-state index in [2.05, 4.69) is 28.3 Å². The summed E-state index contributed by atoms with van der Waals surface area (Å²) in [4.78, 5) is 0. The van der Waals surface area contributed by atoms with E-state index in [1.54, 1.807) is 0 Å². The number of unbranched alkanes of at least 4 members (excludes halogenated alkanes) is 1. The van der Waals surface area contributed by atoms with Crippen molar-refractivity contribution in [1.29, 1.82) is 0 Å². The Kier molecular flexibility index (Phi) is 6.92. The van der Waals surface area contributed by atoms with Gasteiger partial charge in [0.05, 0.1) is 6.10 Å². The zero-order valence-electron chi connectivity index (χ0n) is 13.6. The molecule has 1 aromatic carbocycles. The minimum atomic E-state index is -0.0771. The Labute approximate surface area is 136 Å². The third kappa shape index (κ3) is 4.83. The van der Waals surface area contributed by atoms with Crippen molar-refractivity contribution in [2.75, 3.05) is 0 Å². The van der Waals surface area contributed by atoms with Crippen molar-refractivity contribution in [3.8, 4) is 5.75 Å². The predicted octanol–water partition coefficient (Wildman–Crippen LogP) is 4.19. The highest BCUT2D eigenvalue weighted by Crippen LogP contribution is 2.29. The standard InChI is InChI=1S/C19H29O2P/c1-2-3-4-5-15-10-11-16(19(22)18(15)21)9-6-14-7-12-17(20)13-8-14/h4-5,10-11,14,17,20-21H,2-3,6-9,12-13,22H2,1H3/b5-4+. The number of hydrogen-bond acceptors (Lipinski definition) is 2. The van der Waals surface area contributed by atoms with E-state index in [1.807, 2.05) is 12.1 Å². The number of hydrogen-bond donors (Lipinski definition) is 2. The van der Waals surface area contributed by atoms with Crippen LogP contribution in [0.5, 0.6) is 5.75 Å². The second-order valence-electron chi connectivity index (χ2n) is 6.48. The van der Waals surface area contributed by atoms with Gasteiger partial charge in [-0.2, -0.15) is 0 Å². The van der Waals surface area contributed by atoms with E-state index >= 15 is 0 Å². The van der Waals surface area contributed by atoms with Crippen molar-refractivity contribution in [2.24, 2.45) is 5.92 Å². The number of aliphatic hydroxyl groups is 1. The Morgan fingerprint density at radius 2 is 1.95 bits per heavy atom. The molecule has 22 heavy (non-hydrogen) atoms. The summed E-state index contributed by atoms with van der Waals surface area (Å²) >= 11 is 0. The molecule has 122 valence electrons. The SMILES string of the molecule is CCC/C=C/c1ccc(CCC2CCC(O)CC2)c(P)c1O. The summed E-state index contributed by atoms with van der Waals surface area (Å²) < 4.78 is 0. The summed E-state index contributed by atoms with van der Waals surface area (Å²) in [7, 11) is 2.70. The van der Waals surface area contributed by atoms with Gasteiger partial charge in [0.2, 0.25) is 0 Å². The third-order valence-electron chi connectivity index (χ3n) is 4.73. The molecule has 0 radical (unpaired) electrons. The highest BCUT2D eigenvalue weighted by molar-refractivity contribution is 7.28. The third-order valence-corrected chi connectivity index (χ3v) is 5.37. The fourth-order valence-corrected chi connectivity index (χ4v) is 3.60. The first-order chi connectivity index (χ1) is 10.6. The molecule has 1 aromatic rings. The molecule has 2 rings (SSSR count). The van der Waals surface area contributed by atoms with Crippen LogP contribution in [0.4, 0.5) is 0 Å². The fraction of sp³-hybridized carbons (Fsp3) is 0.579. The van der Waals surface area contributed by atoms with Gasteiger partial charge < -0.3 is 10.2 Å². The molecule has 0 saturated heterocycles. The molecule has 1 unspecified atom stereocenters. The van der Waals surface area contributed by atoms with Crippen molar-refractivity contribution in [1.82, 2.24) is 0 Å². The van der Waals surface area contributed by atoms with Gasteiger partial charge in [-0.15, -0.1) is 9.24 Å². The van der Waals surface area contributed by atoms with E-state index in [1.165, 1.54) is 5.56 Å². The summed E-state index contributed by atoms with van der Waals surface area (Å²) in [5.41, 5.74) is 2.13. The topological polar surface area (TPSA) is 40.5 Å². The number of aromatic hydroxyl groups is 1. The van der Waals surface area contributed by atoms with Crippen molar-refractivity contribution in [3.63, 3.8) is 0 Å². The summed E-state index contributed by atoms with van der Waals surface area (Å²) in [5, 5.41) is 20.9. The van der Waals surface area contributed by atoms with E-state index < -0.39 is 0 Å². The molecule has 0 aliphatic heterocycles. The average molecular weight is 320 g/mol. The van der Waals surface area contributed by atoms with Gasteiger partial charge in [0, 0.05) is 10.9 Å². The highest BCUT2D eigenvalue weighted by atomic mass is 31.0. The quantitative estimate of drug-likeness (QED) is 0.772. The Morgan fingerprint density at radius 3 is 2.64 bits per heavy atom. The number of benzene rings is 1. The van der Waals surface area contributed by atoms with E-state index in [-0.39, 0.29) is 6.10 Å². The van der Waals surface area contributed by atoms with Gasteiger partial charge >= 0.3 is 0 Å². The summed E-state index contributed by atoms with van der Waals surface area (Å²) in [6, 6.07) is 4.17. The average Bonchev–Trinajstić information content (AvgIpc) is 2.52. The molecule has 0 amide bonds. The summed E-state index contributed by atoms with van der Waals surface area (Å²) in [6.07, 6.45) is 12.5. The van der Waals surface area contributed by atoms with Crippen molar-refractivity contribution in [3.05, 3.63) is 29.3 Å². The maximum atomic E-state index is 10.3. The van der Waals surface area contributed by atoms with E-state index in [0.29, 0.717) is 5.75 Å². The van der Waals surface area contributed by atoms with Gasteiger partial charge in [0.25, 0.3) is 0 Å². The van der Waals surface area contributed by atoms with Crippen LogP contribution in [-0.4, -0.2) is 16.3 Å². The Bertz CT molecular complexity index is 502. The molecule has 1 aliphatic rings. The minimum absolute atomic E-state index is 0.0771. The number of phenols is 1. The molecule has 1 atom stereocenters. The van der Waals surface area contributed by atoms with Crippen molar-refractivity contribution < 1.29 is 10.2 Å². The van der Waals surface area contributed by atoms with Crippen LogP contribution >= 0.6 is 9.24 Å². The predicted molar refractivity (Wildman–Crippen MR) is 97.7 cm³/mol. The Balaban J connectivity index is 1.95. The van der Waals surface area contributed by atoms with Crippen LogP contribution < -0.4 is 5.30 Å². The van der Waals surface area contributed by atoms with Crippen LogP contribution in [0.2, 0.25) is 0 Å². The van der Waals surface area contributed by atoms with Gasteiger partial charge in [0.15, 0.2) is 0 Å². The zero-order chi connectivity index (χ0) is 15.9. The maximum absolute atomic E-state index is 10.3. The molecule has 3 heteroatoms. The highest BCUT2D eigenvalue weighted by Gasteiger charge is 2.19. The van der Waals surface area contributed by atoms with Gasteiger partial charge in [0.1, 0.15) is 5.75 Å². The van der Waals surface area contributed by atoms with E-state index in [4.69, 9.17) is 0 Å². The lowest BCUT2D eigenvalue weighted by Crippen LogP contribution is -2.19. The first kappa shape index (κ1) is 17.5. The smallest absolute Gasteiger partial charge is 0.130 e. The summed E-state index contributed by atoms with van der Waals surface area (Å²) in [6.45, 7) is 2.15. The molecular weight excluding hydrogens is 291 g/mol. The number of rotatable bonds is 6. The molecule has 1 aliphatic carbocycles. The van der Waals surface area contributed by atoms with E-state index in [0.717, 1.165) is 68.2 Å². The molecule has 2 nitrogen and oxygen atoms in total. The minimum Gasteiger partial charge on any atom is -0.507 e. The lowest BCUT2D eigenvalue weighted by atomic mass is 9.84. The number of allylic oxidation sites excluding steroid dienone is 1. The van der Waals surface area contributed by atoms with Crippen LogP contribution in [-0.2, 0) is 6.42 Å². The van der Waals surface area contributed by atoms with Crippen LogP contribution in [0, 0.1) is 5.92 Å². The van der Waals surface area contributed by atoms with Crippen molar-refractivity contribution in [2.45, 2.75) is 64.4 Å². The molecule has 0 bridgehead atoms. The number of aryl methyl sites for hydroxylation is 1. The second kappa shape index (κ2) is 8.70. The van der Waals surface area contributed by atoms with Crippen LogP contribution in [0.25, 0.3) is 6.08 Å². The van der Waals surface area contributed by atoms with Crippen LogP contribution in [0.3, 0.4) is 0 Å². The first-order valence-electron chi connectivity index (χ1n) is 8.56. The van der Waals surface area contributed by atoms with Gasteiger partial charge in [-0.3, -0.25) is 0 Å². The lowest BCUT2D eigenvalue weighted by molar-refractivity contribution is 0.106.